The van der Waals surface area contributed by atoms with E-state index in [0.717, 1.165) is 73.4 Å². The largest absolute Gasteiger partial charge is 0.497 e. The number of ketones is 1. The van der Waals surface area contributed by atoms with Crippen molar-refractivity contribution in [3.05, 3.63) is 46.8 Å². The van der Waals surface area contributed by atoms with E-state index in [0.29, 0.717) is 6.42 Å². The summed E-state index contributed by atoms with van der Waals surface area (Å²) >= 11 is 0. The normalized spacial score (nSPS) is 20.2. The molecule has 28 heavy (non-hydrogen) atoms. The number of ether oxygens (including phenoxy) is 1. The minimum absolute atomic E-state index is 0.155. The van der Waals surface area contributed by atoms with Crippen molar-refractivity contribution in [3.63, 3.8) is 0 Å². The Bertz CT molecular complexity index is 858. The first-order valence-electron chi connectivity index (χ1n) is 10.1. The molecule has 0 N–H and O–H groups in total. The van der Waals surface area contributed by atoms with Crippen LogP contribution in [0.4, 0.5) is 5.95 Å². The van der Waals surface area contributed by atoms with Crippen molar-refractivity contribution in [2.45, 2.75) is 32.6 Å². The maximum Gasteiger partial charge on any atom is 0.225 e. The second-order valence-electron chi connectivity index (χ2n) is 7.65. The summed E-state index contributed by atoms with van der Waals surface area (Å²) in [7, 11) is 1.66. The van der Waals surface area contributed by atoms with Crippen LogP contribution in [0.15, 0.2) is 24.3 Å². The van der Waals surface area contributed by atoms with Crippen LogP contribution in [0.2, 0.25) is 0 Å². The Labute approximate surface area is 166 Å². The van der Waals surface area contributed by atoms with Crippen LogP contribution in [-0.2, 0) is 6.42 Å². The number of Topliss-reactive ketones (excluding diaryl/α,β-unsaturated/α-hetero) is 1. The minimum atomic E-state index is 0.155. The van der Waals surface area contributed by atoms with Crippen molar-refractivity contribution in [1.29, 1.82) is 0 Å². The summed E-state index contributed by atoms with van der Waals surface area (Å²) in [5.41, 5.74) is 3.61. The number of benzene rings is 1. The Morgan fingerprint density at radius 1 is 1.07 bits per heavy atom. The third-order valence-electron chi connectivity index (χ3n) is 5.99. The number of aromatic nitrogens is 2. The van der Waals surface area contributed by atoms with E-state index < -0.39 is 0 Å². The number of carbonyl (C=O) groups is 1. The van der Waals surface area contributed by atoms with Crippen molar-refractivity contribution >= 4 is 11.7 Å². The molecule has 0 spiro atoms. The molecule has 6 heteroatoms. The molecule has 0 radical (unpaired) electrons. The van der Waals surface area contributed by atoms with Gasteiger partial charge in [0.1, 0.15) is 5.75 Å². The summed E-state index contributed by atoms with van der Waals surface area (Å²) in [6.07, 6.45) is 1.29. The number of nitrogens with zero attached hydrogens (tertiary/aromatic N) is 4. The second-order valence-corrected chi connectivity index (χ2v) is 7.65. The Morgan fingerprint density at radius 3 is 2.43 bits per heavy atom. The summed E-state index contributed by atoms with van der Waals surface area (Å²) in [6, 6.07) is 8.03. The number of likely N-dealkylation sites (N-methyl/N-ethyl adjacent to an activating group) is 1. The van der Waals surface area contributed by atoms with Gasteiger partial charge < -0.3 is 14.5 Å². The van der Waals surface area contributed by atoms with Crippen molar-refractivity contribution in [2.24, 2.45) is 0 Å². The highest BCUT2D eigenvalue weighted by molar-refractivity contribution is 5.99. The first kappa shape index (κ1) is 18.9. The van der Waals surface area contributed by atoms with E-state index in [1.54, 1.807) is 7.11 Å². The van der Waals surface area contributed by atoms with Crippen molar-refractivity contribution in [1.82, 2.24) is 14.9 Å². The van der Waals surface area contributed by atoms with E-state index in [-0.39, 0.29) is 11.7 Å². The summed E-state index contributed by atoms with van der Waals surface area (Å²) in [4.78, 5) is 27.1. The highest BCUT2D eigenvalue weighted by Gasteiger charge is 2.31. The fourth-order valence-corrected chi connectivity index (χ4v) is 4.28. The molecular formula is C22H28N4O2. The molecule has 4 rings (SSSR count). The number of rotatable bonds is 4. The van der Waals surface area contributed by atoms with Gasteiger partial charge in [0, 0.05) is 32.6 Å². The predicted molar refractivity (Wildman–Crippen MR) is 109 cm³/mol. The lowest BCUT2D eigenvalue weighted by atomic mass is 9.81. The van der Waals surface area contributed by atoms with Crippen LogP contribution in [0.3, 0.4) is 0 Å². The van der Waals surface area contributed by atoms with E-state index in [4.69, 9.17) is 14.7 Å². The molecule has 1 aliphatic heterocycles. The average molecular weight is 380 g/mol. The first-order chi connectivity index (χ1) is 13.6. The van der Waals surface area contributed by atoms with Gasteiger partial charge in [-0.3, -0.25) is 4.79 Å². The lowest BCUT2D eigenvalue weighted by Gasteiger charge is -2.35. The van der Waals surface area contributed by atoms with E-state index in [1.807, 2.05) is 19.1 Å². The third kappa shape index (κ3) is 3.61. The van der Waals surface area contributed by atoms with E-state index >= 15 is 0 Å². The van der Waals surface area contributed by atoms with Gasteiger partial charge in [-0.15, -0.1) is 0 Å². The molecule has 0 unspecified atom stereocenters. The van der Waals surface area contributed by atoms with Gasteiger partial charge in [0.05, 0.1) is 24.1 Å². The molecule has 0 saturated carbocycles. The van der Waals surface area contributed by atoms with Gasteiger partial charge in [-0.1, -0.05) is 19.1 Å². The molecule has 6 nitrogen and oxygen atoms in total. The lowest BCUT2D eigenvalue weighted by Crippen LogP contribution is -2.47. The predicted octanol–water partition coefficient (Wildman–Crippen LogP) is 2.85. The zero-order valence-corrected chi connectivity index (χ0v) is 16.9. The topological polar surface area (TPSA) is 58.6 Å². The summed E-state index contributed by atoms with van der Waals surface area (Å²) < 4.78 is 5.25. The van der Waals surface area contributed by atoms with E-state index in [2.05, 4.69) is 28.9 Å². The van der Waals surface area contributed by atoms with Gasteiger partial charge in [-0.25, -0.2) is 9.97 Å². The zero-order valence-electron chi connectivity index (χ0n) is 16.9. The Hall–Kier alpha value is -2.47. The molecule has 1 aliphatic carbocycles. The highest BCUT2D eigenvalue weighted by Crippen LogP contribution is 2.34. The van der Waals surface area contributed by atoms with Crippen LogP contribution in [0.25, 0.3) is 0 Å². The van der Waals surface area contributed by atoms with Gasteiger partial charge in [0.2, 0.25) is 5.95 Å². The number of carbonyl (C=O) groups excluding carboxylic acids is 1. The SMILES string of the molecule is CCN1CCN(c2nc(C)c3c(n2)C[C@H](c2ccc(OC)cc2)CC3=O)CC1. The summed E-state index contributed by atoms with van der Waals surface area (Å²) in [6.45, 7) is 9.14. The number of aryl methyl sites for hydroxylation is 1. The molecule has 1 atom stereocenters. The number of fused-ring (bicyclic) bond motifs is 1. The van der Waals surface area contributed by atoms with Gasteiger partial charge >= 0.3 is 0 Å². The number of anilines is 1. The Kier molecular flexibility index (Phi) is 5.31. The number of hydrogen-bond donors (Lipinski definition) is 0. The first-order valence-corrected chi connectivity index (χ1v) is 10.1. The number of methoxy groups -OCH3 is 1. The van der Waals surface area contributed by atoms with Crippen molar-refractivity contribution < 1.29 is 9.53 Å². The zero-order chi connectivity index (χ0) is 19.7. The molecule has 1 fully saturated rings. The highest BCUT2D eigenvalue weighted by atomic mass is 16.5. The minimum Gasteiger partial charge on any atom is -0.497 e. The van der Waals surface area contributed by atoms with E-state index in [1.165, 1.54) is 0 Å². The Balaban J connectivity index is 1.59. The molecular weight excluding hydrogens is 352 g/mol. The van der Waals surface area contributed by atoms with Gasteiger partial charge in [-0.2, -0.15) is 0 Å². The van der Waals surface area contributed by atoms with Crippen LogP contribution >= 0.6 is 0 Å². The van der Waals surface area contributed by atoms with Crippen molar-refractivity contribution in [3.8, 4) is 5.75 Å². The Morgan fingerprint density at radius 2 is 1.79 bits per heavy atom. The molecule has 1 aromatic heterocycles. The van der Waals surface area contributed by atoms with Crippen LogP contribution < -0.4 is 9.64 Å². The summed E-state index contributed by atoms with van der Waals surface area (Å²) in [5.74, 6) is 1.92. The van der Waals surface area contributed by atoms with Gasteiger partial charge in [0.25, 0.3) is 0 Å². The fourth-order valence-electron chi connectivity index (χ4n) is 4.28. The smallest absolute Gasteiger partial charge is 0.225 e. The molecule has 2 aromatic rings. The molecule has 0 amide bonds. The number of piperazine rings is 1. The molecule has 1 aromatic carbocycles. The summed E-state index contributed by atoms with van der Waals surface area (Å²) in [5, 5.41) is 0. The van der Waals surface area contributed by atoms with Crippen LogP contribution in [-0.4, -0.2) is 60.5 Å². The van der Waals surface area contributed by atoms with Crippen LogP contribution in [0.5, 0.6) is 5.75 Å². The third-order valence-corrected chi connectivity index (χ3v) is 5.99. The molecule has 2 heterocycles. The van der Waals surface area contributed by atoms with Gasteiger partial charge in [0.15, 0.2) is 5.78 Å². The van der Waals surface area contributed by atoms with Crippen LogP contribution in [0, 0.1) is 6.92 Å². The maximum absolute atomic E-state index is 12.9. The molecule has 1 saturated heterocycles. The lowest BCUT2D eigenvalue weighted by molar-refractivity contribution is 0.0962. The monoisotopic (exact) mass is 380 g/mol. The molecule has 2 aliphatic rings. The average Bonchev–Trinajstić information content (AvgIpc) is 2.73. The second kappa shape index (κ2) is 7.87. The quantitative estimate of drug-likeness (QED) is 0.813. The van der Waals surface area contributed by atoms with E-state index in [9.17, 15) is 4.79 Å². The maximum atomic E-state index is 12.9. The molecule has 148 valence electrons. The fraction of sp³-hybridized carbons (Fsp3) is 0.500. The van der Waals surface area contributed by atoms with Crippen LogP contribution in [0.1, 0.15) is 46.6 Å². The molecule has 0 bridgehead atoms. The van der Waals surface area contributed by atoms with Crippen molar-refractivity contribution in [2.75, 3.05) is 44.7 Å². The number of hydrogen-bond acceptors (Lipinski definition) is 6. The standard InChI is InChI=1S/C22H28N4O2/c1-4-25-9-11-26(12-10-25)22-23-15(2)21-19(24-22)13-17(14-20(21)27)16-5-7-18(28-3)8-6-16/h5-8,17H,4,9-14H2,1-3H3/t17-/m0/s1. The van der Waals surface area contributed by atoms with Gasteiger partial charge in [-0.05, 0) is 43.5 Å².